The normalized spacial score (nSPS) is 10.8. The lowest BCUT2D eigenvalue weighted by molar-refractivity contribution is 0.370. The molecule has 2 aromatic carbocycles. The summed E-state index contributed by atoms with van der Waals surface area (Å²) in [5.41, 5.74) is 0.942. The van der Waals surface area contributed by atoms with Crippen LogP contribution in [0.3, 0.4) is 0 Å². The van der Waals surface area contributed by atoms with E-state index in [-0.39, 0.29) is 34.0 Å². The van der Waals surface area contributed by atoms with Crippen LogP contribution in [-0.4, -0.2) is 27.5 Å². The smallest absolute Gasteiger partial charge is 0.238 e. The van der Waals surface area contributed by atoms with Gasteiger partial charge in [-0.3, -0.25) is 4.79 Å². The van der Waals surface area contributed by atoms with Crippen molar-refractivity contribution in [3.05, 3.63) is 51.7 Å². The highest BCUT2D eigenvalue weighted by Crippen LogP contribution is 2.42. The molecule has 0 unspecified atom stereocenters. The molecule has 1 aromatic heterocycles. The minimum atomic E-state index is -0.839. The van der Waals surface area contributed by atoms with E-state index in [2.05, 4.69) is 0 Å². The lowest BCUT2D eigenvalue weighted by Gasteiger charge is -2.15. The van der Waals surface area contributed by atoms with Crippen molar-refractivity contribution in [2.75, 3.05) is 7.11 Å². The van der Waals surface area contributed by atoms with E-state index in [1.165, 1.54) is 25.3 Å². The van der Waals surface area contributed by atoms with Gasteiger partial charge in [-0.2, -0.15) is 0 Å². The number of fused-ring (bicyclic) bond motifs is 1. The summed E-state index contributed by atoms with van der Waals surface area (Å²) in [5.74, 6) is -1.55. The Kier molecular flexibility index (Phi) is 4.92. The van der Waals surface area contributed by atoms with Crippen LogP contribution in [0, 0.1) is 0 Å². The zero-order valence-electron chi connectivity index (χ0n) is 15.6. The summed E-state index contributed by atoms with van der Waals surface area (Å²) < 4.78 is 11.0. The SMILES string of the molecule is COc1c(O)ccc(-c2oc3cc(O)cc(O)c3c(=O)c2O)c1CC=C(C)C. The van der Waals surface area contributed by atoms with Crippen LogP contribution in [0.5, 0.6) is 28.7 Å². The monoisotopic (exact) mass is 384 g/mol. The van der Waals surface area contributed by atoms with Gasteiger partial charge < -0.3 is 29.6 Å². The number of rotatable bonds is 4. The van der Waals surface area contributed by atoms with Crippen molar-refractivity contribution < 1.29 is 29.6 Å². The average Bonchev–Trinajstić information content (AvgIpc) is 2.62. The van der Waals surface area contributed by atoms with E-state index in [0.29, 0.717) is 17.5 Å². The molecule has 146 valence electrons. The predicted octanol–water partition coefficient (Wildman–Crippen LogP) is 3.80. The quantitative estimate of drug-likeness (QED) is 0.505. The zero-order chi connectivity index (χ0) is 20.6. The Bertz CT molecular complexity index is 1150. The Morgan fingerprint density at radius 2 is 1.82 bits per heavy atom. The molecule has 0 saturated carbocycles. The molecule has 0 bridgehead atoms. The molecule has 28 heavy (non-hydrogen) atoms. The molecular formula is C21H20O7. The van der Waals surface area contributed by atoms with Crippen molar-refractivity contribution >= 4 is 11.0 Å². The van der Waals surface area contributed by atoms with Crippen molar-refractivity contribution in [2.45, 2.75) is 20.3 Å². The van der Waals surface area contributed by atoms with E-state index in [4.69, 9.17) is 9.15 Å². The van der Waals surface area contributed by atoms with Crippen LogP contribution in [0.2, 0.25) is 0 Å². The summed E-state index contributed by atoms with van der Waals surface area (Å²) in [7, 11) is 1.40. The van der Waals surface area contributed by atoms with E-state index >= 15 is 0 Å². The Morgan fingerprint density at radius 1 is 1.11 bits per heavy atom. The predicted molar refractivity (Wildman–Crippen MR) is 104 cm³/mol. The molecule has 0 fully saturated rings. The fourth-order valence-corrected chi connectivity index (χ4v) is 3.02. The molecule has 0 saturated heterocycles. The largest absolute Gasteiger partial charge is 0.508 e. The maximum absolute atomic E-state index is 12.6. The summed E-state index contributed by atoms with van der Waals surface area (Å²) in [6.45, 7) is 3.82. The van der Waals surface area contributed by atoms with Crippen molar-refractivity contribution in [2.24, 2.45) is 0 Å². The number of hydrogen-bond acceptors (Lipinski definition) is 7. The van der Waals surface area contributed by atoms with Crippen molar-refractivity contribution in [1.29, 1.82) is 0 Å². The van der Waals surface area contributed by atoms with Gasteiger partial charge >= 0.3 is 0 Å². The maximum atomic E-state index is 12.6. The number of ether oxygens (including phenoxy) is 1. The first-order valence-corrected chi connectivity index (χ1v) is 8.49. The van der Waals surface area contributed by atoms with E-state index in [0.717, 1.165) is 11.6 Å². The van der Waals surface area contributed by atoms with Crippen LogP contribution in [-0.2, 0) is 6.42 Å². The lowest BCUT2D eigenvalue weighted by atomic mass is 9.98. The molecule has 0 spiro atoms. The molecule has 0 aliphatic rings. The Hall–Kier alpha value is -3.61. The molecule has 0 radical (unpaired) electrons. The van der Waals surface area contributed by atoms with E-state index in [1.54, 1.807) is 0 Å². The van der Waals surface area contributed by atoms with Gasteiger partial charge in [-0.15, -0.1) is 0 Å². The average molecular weight is 384 g/mol. The minimum Gasteiger partial charge on any atom is -0.508 e. The highest BCUT2D eigenvalue weighted by Gasteiger charge is 2.23. The van der Waals surface area contributed by atoms with Crippen LogP contribution in [0.15, 0.2) is 45.1 Å². The first-order valence-electron chi connectivity index (χ1n) is 8.49. The molecule has 0 atom stereocenters. The van der Waals surface area contributed by atoms with Crippen molar-refractivity contribution in [1.82, 2.24) is 0 Å². The van der Waals surface area contributed by atoms with Crippen LogP contribution in [0.4, 0.5) is 0 Å². The van der Waals surface area contributed by atoms with Gasteiger partial charge in [0.05, 0.1) is 7.11 Å². The summed E-state index contributed by atoms with van der Waals surface area (Å²) in [6.07, 6.45) is 2.25. The van der Waals surface area contributed by atoms with Crippen LogP contribution < -0.4 is 10.2 Å². The Balaban J connectivity index is 2.38. The number of phenolic OH excluding ortho intramolecular Hbond substituents is 3. The van der Waals surface area contributed by atoms with Crippen LogP contribution in [0.25, 0.3) is 22.3 Å². The molecule has 4 N–H and O–H groups in total. The number of methoxy groups -OCH3 is 1. The molecule has 0 amide bonds. The highest BCUT2D eigenvalue weighted by molar-refractivity contribution is 5.88. The van der Waals surface area contributed by atoms with Crippen LogP contribution >= 0.6 is 0 Å². The number of hydrogen-bond donors (Lipinski definition) is 4. The van der Waals surface area contributed by atoms with E-state index in [9.17, 15) is 25.2 Å². The van der Waals surface area contributed by atoms with Crippen molar-refractivity contribution in [3.63, 3.8) is 0 Å². The third-order valence-electron chi connectivity index (χ3n) is 4.34. The number of benzene rings is 2. The molecule has 3 aromatic rings. The highest BCUT2D eigenvalue weighted by atomic mass is 16.5. The summed E-state index contributed by atoms with van der Waals surface area (Å²) in [6, 6.07) is 5.03. The van der Waals surface area contributed by atoms with Gasteiger partial charge in [0.1, 0.15) is 22.5 Å². The number of phenols is 3. The molecule has 7 nitrogen and oxygen atoms in total. The minimum absolute atomic E-state index is 0.0875. The first kappa shape index (κ1) is 19.2. The number of allylic oxidation sites excluding steroid dienone is 2. The Morgan fingerprint density at radius 3 is 2.46 bits per heavy atom. The van der Waals surface area contributed by atoms with Gasteiger partial charge in [0.25, 0.3) is 0 Å². The second-order valence-electron chi connectivity index (χ2n) is 6.58. The van der Waals surface area contributed by atoms with E-state index < -0.39 is 16.9 Å². The van der Waals surface area contributed by atoms with Gasteiger partial charge in [0, 0.05) is 23.3 Å². The lowest BCUT2D eigenvalue weighted by Crippen LogP contribution is -2.04. The topological polar surface area (TPSA) is 120 Å². The third-order valence-corrected chi connectivity index (χ3v) is 4.34. The van der Waals surface area contributed by atoms with Gasteiger partial charge in [-0.25, -0.2) is 0 Å². The van der Waals surface area contributed by atoms with Gasteiger partial charge in [0.15, 0.2) is 17.3 Å². The fraction of sp³-hybridized carbons (Fsp3) is 0.190. The van der Waals surface area contributed by atoms with Gasteiger partial charge in [-0.05, 0) is 32.4 Å². The Labute approximate surface area is 160 Å². The summed E-state index contributed by atoms with van der Waals surface area (Å²) in [5, 5.41) is 40.0. The molecule has 0 aliphatic heterocycles. The zero-order valence-corrected chi connectivity index (χ0v) is 15.6. The van der Waals surface area contributed by atoms with Crippen molar-refractivity contribution in [3.8, 4) is 40.1 Å². The third kappa shape index (κ3) is 3.22. The van der Waals surface area contributed by atoms with Gasteiger partial charge in [-0.1, -0.05) is 11.6 Å². The molecule has 1 heterocycles. The second-order valence-corrected chi connectivity index (χ2v) is 6.58. The molecular weight excluding hydrogens is 364 g/mol. The van der Waals surface area contributed by atoms with Crippen LogP contribution in [0.1, 0.15) is 19.4 Å². The molecule has 3 rings (SSSR count). The standard InChI is InChI=1S/C21H20O7/c1-10(2)4-5-12-13(6-7-14(23)20(12)27-3)21-19(26)18(25)17-15(24)8-11(22)9-16(17)28-21/h4,6-9,22-24,26H,5H2,1-3H3. The second kappa shape index (κ2) is 7.19. The number of aromatic hydroxyl groups is 4. The summed E-state index contributed by atoms with van der Waals surface area (Å²) in [4.78, 5) is 12.6. The first-order chi connectivity index (χ1) is 13.2. The molecule has 7 heteroatoms. The fourth-order valence-electron chi connectivity index (χ4n) is 3.02. The van der Waals surface area contributed by atoms with E-state index in [1.807, 2.05) is 19.9 Å². The maximum Gasteiger partial charge on any atom is 0.238 e. The summed E-state index contributed by atoms with van der Waals surface area (Å²) >= 11 is 0. The van der Waals surface area contributed by atoms with Gasteiger partial charge in [0.2, 0.25) is 11.2 Å². The molecule has 0 aliphatic carbocycles.